The number of halogens is 1. The van der Waals surface area contributed by atoms with E-state index < -0.39 is 0 Å². The minimum absolute atomic E-state index is 0.0557. The molecule has 7 heteroatoms. The van der Waals surface area contributed by atoms with Crippen molar-refractivity contribution in [3.8, 4) is 5.75 Å². The van der Waals surface area contributed by atoms with Gasteiger partial charge in [0.2, 0.25) is 5.91 Å². The van der Waals surface area contributed by atoms with Crippen LogP contribution in [0.25, 0.3) is 0 Å². The fourth-order valence-electron chi connectivity index (χ4n) is 3.73. The van der Waals surface area contributed by atoms with Gasteiger partial charge < -0.3 is 9.64 Å². The molecule has 2 aromatic rings. The van der Waals surface area contributed by atoms with Gasteiger partial charge >= 0.3 is 0 Å². The smallest absolute Gasteiger partial charge is 0.262 e. The van der Waals surface area contributed by atoms with E-state index >= 15 is 0 Å². The van der Waals surface area contributed by atoms with E-state index in [0.717, 1.165) is 16.8 Å². The highest BCUT2D eigenvalue weighted by atomic mass is 35.5. The summed E-state index contributed by atoms with van der Waals surface area (Å²) in [5.41, 5.74) is 2.22. The number of rotatable bonds is 6. The van der Waals surface area contributed by atoms with Crippen molar-refractivity contribution in [2.75, 3.05) is 20.7 Å². The largest absolute Gasteiger partial charge is 0.496 e. The summed E-state index contributed by atoms with van der Waals surface area (Å²) in [5.74, 6) is 0.352. The van der Waals surface area contributed by atoms with Crippen LogP contribution in [0.2, 0.25) is 5.02 Å². The number of likely N-dealkylation sites (N-methyl/N-ethyl adjacent to an activating group) is 1. The summed E-state index contributed by atoms with van der Waals surface area (Å²) in [6.07, 6.45) is 0.857. The molecule has 0 unspecified atom stereocenters. The average molecular weight is 456 g/mol. The molecular weight excluding hydrogens is 426 g/mol. The summed E-state index contributed by atoms with van der Waals surface area (Å²) < 4.78 is 5.55. The maximum atomic E-state index is 13.3. The first-order chi connectivity index (χ1) is 15.1. The molecule has 3 rings (SSSR count). The van der Waals surface area contributed by atoms with Crippen LogP contribution in [0.3, 0.4) is 0 Å². The second kappa shape index (κ2) is 9.74. The lowest BCUT2D eigenvalue weighted by Crippen LogP contribution is -2.40. The van der Waals surface area contributed by atoms with Gasteiger partial charge in [-0.05, 0) is 17.5 Å². The van der Waals surface area contributed by atoms with Crippen LogP contribution in [0, 0.1) is 5.41 Å². The number of hydrazone groups is 1. The highest BCUT2D eigenvalue weighted by molar-refractivity contribution is 6.34. The summed E-state index contributed by atoms with van der Waals surface area (Å²) >= 11 is 6.41. The molecule has 1 aliphatic rings. The second-order valence-electron chi connectivity index (χ2n) is 9.21. The van der Waals surface area contributed by atoms with Crippen molar-refractivity contribution >= 4 is 29.1 Å². The van der Waals surface area contributed by atoms with Gasteiger partial charge in [-0.3, -0.25) is 9.59 Å². The predicted molar refractivity (Wildman–Crippen MR) is 127 cm³/mol. The Morgan fingerprint density at radius 1 is 1.16 bits per heavy atom. The Bertz CT molecular complexity index is 1030. The Labute approximate surface area is 194 Å². The molecular formula is C25H30ClN3O3. The van der Waals surface area contributed by atoms with Crippen LogP contribution in [0.1, 0.15) is 50.8 Å². The van der Waals surface area contributed by atoms with Crippen LogP contribution in [-0.4, -0.2) is 48.1 Å². The number of amides is 2. The quantitative estimate of drug-likeness (QED) is 0.621. The first-order valence-electron chi connectivity index (χ1n) is 10.6. The molecule has 6 nitrogen and oxygen atoms in total. The Balaban J connectivity index is 1.91. The molecule has 0 N–H and O–H groups in total. The second-order valence-corrected chi connectivity index (χ2v) is 9.62. The number of hydrogen-bond donors (Lipinski definition) is 0. The monoisotopic (exact) mass is 455 g/mol. The lowest BCUT2D eigenvalue weighted by molar-refractivity contribution is -0.141. The van der Waals surface area contributed by atoms with Crippen molar-refractivity contribution < 1.29 is 14.3 Å². The number of para-hydroxylation sites is 1. The average Bonchev–Trinajstić information content (AvgIpc) is 3.18. The van der Waals surface area contributed by atoms with Crippen molar-refractivity contribution in [3.63, 3.8) is 0 Å². The van der Waals surface area contributed by atoms with Gasteiger partial charge in [-0.15, -0.1) is 0 Å². The maximum absolute atomic E-state index is 13.3. The van der Waals surface area contributed by atoms with E-state index in [2.05, 4.69) is 5.10 Å². The molecule has 0 saturated heterocycles. The van der Waals surface area contributed by atoms with E-state index in [1.807, 2.05) is 63.2 Å². The molecule has 32 heavy (non-hydrogen) atoms. The Morgan fingerprint density at radius 2 is 1.81 bits per heavy atom. The minimum atomic E-state index is -0.351. The van der Waals surface area contributed by atoms with E-state index in [1.165, 1.54) is 9.91 Å². The highest BCUT2D eigenvalue weighted by Crippen LogP contribution is 2.38. The van der Waals surface area contributed by atoms with Gasteiger partial charge in [0.05, 0.1) is 18.9 Å². The molecule has 2 amide bonds. The number of carbonyl (C=O) groups is 2. The third kappa shape index (κ3) is 5.49. The van der Waals surface area contributed by atoms with Gasteiger partial charge in [-0.25, -0.2) is 5.01 Å². The van der Waals surface area contributed by atoms with Crippen LogP contribution < -0.4 is 4.74 Å². The normalized spacial score (nSPS) is 16.0. The van der Waals surface area contributed by atoms with E-state index in [-0.39, 0.29) is 29.8 Å². The highest BCUT2D eigenvalue weighted by Gasteiger charge is 2.36. The van der Waals surface area contributed by atoms with E-state index in [4.69, 9.17) is 16.3 Å². The number of nitrogens with zero attached hydrogens (tertiary/aromatic N) is 3. The van der Waals surface area contributed by atoms with E-state index in [0.29, 0.717) is 23.6 Å². The molecule has 1 heterocycles. The van der Waals surface area contributed by atoms with Crippen LogP contribution >= 0.6 is 11.6 Å². The van der Waals surface area contributed by atoms with Gasteiger partial charge in [0.1, 0.15) is 12.3 Å². The number of benzene rings is 2. The summed E-state index contributed by atoms with van der Waals surface area (Å²) in [4.78, 5) is 27.4. The van der Waals surface area contributed by atoms with Crippen LogP contribution in [-0.2, 0) is 9.59 Å². The molecule has 170 valence electrons. The lowest BCUT2D eigenvalue weighted by Gasteiger charge is -2.27. The Morgan fingerprint density at radius 3 is 2.47 bits per heavy atom. The third-order valence-electron chi connectivity index (χ3n) is 5.33. The molecule has 0 radical (unpaired) electrons. The summed E-state index contributed by atoms with van der Waals surface area (Å²) in [6, 6.07) is 14.7. The summed E-state index contributed by atoms with van der Waals surface area (Å²) in [7, 11) is 3.26. The molecule has 0 spiro atoms. The van der Waals surface area contributed by atoms with Crippen molar-refractivity contribution in [2.45, 2.75) is 39.7 Å². The van der Waals surface area contributed by atoms with Crippen molar-refractivity contribution in [3.05, 3.63) is 64.7 Å². The number of hydrogen-bond acceptors (Lipinski definition) is 4. The first kappa shape index (κ1) is 23.8. The predicted octanol–water partition coefficient (Wildman–Crippen LogP) is 4.92. The molecule has 0 bridgehead atoms. The zero-order valence-corrected chi connectivity index (χ0v) is 20.0. The third-order valence-corrected chi connectivity index (χ3v) is 5.66. The standard InChI is InChI=1S/C25H30ClN3O3/c1-25(2,3)15-23(30)28(4)16-24(31)29-21(18-11-7-9-13-22(18)32-5)14-20(27-29)17-10-6-8-12-19(17)26/h6-13,21H,14-16H2,1-5H3/t21-/m0/s1. The van der Waals surface area contributed by atoms with Crippen molar-refractivity contribution in [2.24, 2.45) is 10.5 Å². The van der Waals surface area contributed by atoms with Crippen molar-refractivity contribution in [1.82, 2.24) is 9.91 Å². The Kier molecular flexibility index (Phi) is 7.24. The van der Waals surface area contributed by atoms with E-state index in [1.54, 1.807) is 20.2 Å². The summed E-state index contributed by atoms with van der Waals surface area (Å²) in [5, 5.41) is 6.71. The first-order valence-corrected chi connectivity index (χ1v) is 11.0. The minimum Gasteiger partial charge on any atom is -0.496 e. The van der Waals surface area contributed by atoms with Gasteiger partial charge in [-0.2, -0.15) is 5.10 Å². The molecule has 1 aliphatic heterocycles. The maximum Gasteiger partial charge on any atom is 0.262 e. The summed E-state index contributed by atoms with van der Waals surface area (Å²) in [6.45, 7) is 5.94. The van der Waals surface area contributed by atoms with Gasteiger partial charge in [0.15, 0.2) is 0 Å². The molecule has 1 atom stereocenters. The molecule has 0 fully saturated rings. The zero-order valence-electron chi connectivity index (χ0n) is 19.3. The molecule has 0 aromatic heterocycles. The van der Waals surface area contributed by atoms with Crippen LogP contribution in [0.15, 0.2) is 53.6 Å². The molecule has 0 saturated carbocycles. The topological polar surface area (TPSA) is 62.2 Å². The van der Waals surface area contributed by atoms with E-state index in [9.17, 15) is 9.59 Å². The SMILES string of the molecule is COc1ccccc1[C@@H]1CC(c2ccccc2Cl)=NN1C(=O)CN(C)C(=O)CC(C)(C)C. The van der Waals surface area contributed by atoms with Gasteiger partial charge in [0.25, 0.3) is 5.91 Å². The van der Waals surface area contributed by atoms with Crippen LogP contribution in [0.4, 0.5) is 0 Å². The van der Waals surface area contributed by atoms with Gasteiger partial charge in [-0.1, -0.05) is 68.8 Å². The fraction of sp³-hybridized carbons (Fsp3) is 0.400. The zero-order chi connectivity index (χ0) is 23.5. The molecule has 2 aromatic carbocycles. The number of carbonyl (C=O) groups excluding carboxylic acids is 2. The lowest BCUT2D eigenvalue weighted by atomic mass is 9.92. The number of ether oxygens (including phenoxy) is 1. The number of methoxy groups -OCH3 is 1. The van der Waals surface area contributed by atoms with Crippen molar-refractivity contribution in [1.29, 1.82) is 0 Å². The molecule has 0 aliphatic carbocycles. The fourth-order valence-corrected chi connectivity index (χ4v) is 3.98. The Hall–Kier alpha value is -2.86. The van der Waals surface area contributed by atoms with Gasteiger partial charge in [0, 0.05) is 36.0 Å². The van der Waals surface area contributed by atoms with Crippen LogP contribution in [0.5, 0.6) is 5.75 Å².